The number of anilines is 1. The smallest absolute Gasteiger partial charge is 0.249 e. The molecule has 0 bridgehead atoms. The van der Waals surface area contributed by atoms with Crippen molar-refractivity contribution in [2.24, 2.45) is 0 Å². The second-order valence-electron chi connectivity index (χ2n) is 11.3. The van der Waals surface area contributed by atoms with Crippen LogP contribution < -0.4 is 10.2 Å². The van der Waals surface area contributed by atoms with Crippen molar-refractivity contribution in [3.8, 4) is 5.69 Å². The number of aromatic nitrogens is 7. The fourth-order valence-corrected chi connectivity index (χ4v) is 5.59. The summed E-state index contributed by atoms with van der Waals surface area (Å²) < 4.78 is 8.89. The first kappa shape index (κ1) is 29.1. The van der Waals surface area contributed by atoms with Crippen LogP contribution in [0.2, 0.25) is 0 Å². The first-order valence-electron chi connectivity index (χ1n) is 14.8. The van der Waals surface area contributed by atoms with E-state index in [9.17, 15) is 9.59 Å². The molecule has 12 heteroatoms. The Morgan fingerprint density at radius 3 is 2.55 bits per heavy atom. The number of tetrazole rings is 1. The summed E-state index contributed by atoms with van der Waals surface area (Å²) >= 11 is 0. The number of nitrogens with one attached hydrogen (secondary N) is 1. The van der Waals surface area contributed by atoms with E-state index in [-0.39, 0.29) is 24.5 Å². The molecule has 1 N–H and O–H groups in total. The average molecular weight is 594 g/mol. The lowest BCUT2D eigenvalue weighted by molar-refractivity contribution is -0.127. The van der Waals surface area contributed by atoms with Crippen LogP contribution in [0.25, 0.3) is 16.7 Å². The Morgan fingerprint density at radius 2 is 1.84 bits per heavy atom. The number of fused-ring (bicyclic) bond motifs is 1. The molecule has 2 aromatic heterocycles. The number of carbonyl (C=O) groups excluding carboxylic acids is 2. The molecule has 226 valence electrons. The number of para-hydroxylation sites is 1. The van der Waals surface area contributed by atoms with Gasteiger partial charge in [-0.3, -0.25) is 14.5 Å². The van der Waals surface area contributed by atoms with E-state index >= 15 is 0 Å². The van der Waals surface area contributed by atoms with Gasteiger partial charge in [0.05, 0.1) is 17.3 Å². The van der Waals surface area contributed by atoms with E-state index in [1.807, 2.05) is 73.7 Å². The molecule has 1 aliphatic rings. The van der Waals surface area contributed by atoms with Gasteiger partial charge < -0.3 is 10.1 Å². The maximum atomic E-state index is 14.4. The summed E-state index contributed by atoms with van der Waals surface area (Å²) in [5.41, 5.74) is 5.38. The van der Waals surface area contributed by atoms with Crippen LogP contribution in [0.3, 0.4) is 0 Å². The molecule has 2 atom stereocenters. The Labute approximate surface area is 255 Å². The van der Waals surface area contributed by atoms with E-state index in [2.05, 4.69) is 45.0 Å². The molecule has 3 aromatic carbocycles. The fraction of sp³-hybridized carbons (Fsp3) is 0.344. The van der Waals surface area contributed by atoms with Crippen molar-refractivity contribution in [3.05, 3.63) is 89.7 Å². The molecular weight excluding hydrogens is 558 g/mol. The van der Waals surface area contributed by atoms with Crippen molar-refractivity contribution in [3.63, 3.8) is 0 Å². The Kier molecular flexibility index (Phi) is 8.42. The van der Waals surface area contributed by atoms with Gasteiger partial charge >= 0.3 is 0 Å². The van der Waals surface area contributed by atoms with Gasteiger partial charge in [0.15, 0.2) is 0 Å². The Hall–Kier alpha value is -4.97. The van der Waals surface area contributed by atoms with Gasteiger partial charge in [-0.15, -0.1) is 10.2 Å². The standard InChI is InChI=1S/C32H35N9O3/c1-21(2)23-10-12-24(13-11-23)31(32(43)33-18-26-7-6-16-44-26)41(25-14-15-28(22(3)17-25)40-20-34-36-38-40)30(42)19-39-29-9-5-4-8-27(29)35-37-39/h4-5,8-15,17,20-21,26,31H,6-7,16,18-19H2,1-3H3,(H,33,43)/t26-,31-/m1/s1. The summed E-state index contributed by atoms with van der Waals surface area (Å²) in [6, 6.07) is 19.9. The minimum atomic E-state index is -0.960. The number of hydrogen-bond acceptors (Lipinski definition) is 8. The Morgan fingerprint density at radius 1 is 1.05 bits per heavy atom. The second kappa shape index (κ2) is 12.7. The van der Waals surface area contributed by atoms with E-state index in [1.165, 1.54) is 6.33 Å². The van der Waals surface area contributed by atoms with Gasteiger partial charge in [0.2, 0.25) is 11.8 Å². The first-order chi connectivity index (χ1) is 21.4. The molecular formula is C32H35N9O3. The molecule has 5 aromatic rings. The molecule has 3 heterocycles. The lowest BCUT2D eigenvalue weighted by atomic mass is 9.97. The van der Waals surface area contributed by atoms with Gasteiger partial charge in [-0.25, -0.2) is 9.36 Å². The molecule has 2 amide bonds. The molecule has 0 aliphatic carbocycles. The first-order valence-corrected chi connectivity index (χ1v) is 14.8. The minimum Gasteiger partial charge on any atom is -0.376 e. The summed E-state index contributed by atoms with van der Waals surface area (Å²) in [5, 5.41) is 23.1. The van der Waals surface area contributed by atoms with Crippen LogP contribution in [0.15, 0.2) is 73.1 Å². The van der Waals surface area contributed by atoms with Crippen LogP contribution in [-0.4, -0.2) is 66.3 Å². The van der Waals surface area contributed by atoms with Crippen LogP contribution in [0.5, 0.6) is 0 Å². The third-order valence-electron chi connectivity index (χ3n) is 7.98. The highest BCUT2D eigenvalue weighted by atomic mass is 16.5. The van der Waals surface area contributed by atoms with E-state index in [1.54, 1.807) is 14.3 Å². The maximum Gasteiger partial charge on any atom is 0.249 e. The van der Waals surface area contributed by atoms with Crippen LogP contribution in [0, 0.1) is 6.92 Å². The van der Waals surface area contributed by atoms with Crippen LogP contribution in [0.4, 0.5) is 5.69 Å². The molecule has 1 fully saturated rings. The number of aryl methyl sites for hydroxylation is 1. The van der Waals surface area contributed by atoms with Crippen LogP contribution in [-0.2, 0) is 20.9 Å². The van der Waals surface area contributed by atoms with Gasteiger partial charge in [-0.2, -0.15) is 0 Å². The zero-order valence-corrected chi connectivity index (χ0v) is 25.0. The number of nitrogens with zero attached hydrogens (tertiary/aromatic N) is 8. The number of rotatable bonds is 10. The molecule has 0 unspecified atom stereocenters. The fourth-order valence-electron chi connectivity index (χ4n) is 5.59. The molecule has 1 aliphatic heterocycles. The highest BCUT2D eigenvalue weighted by molar-refractivity contribution is 6.01. The van der Waals surface area contributed by atoms with E-state index < -0.39 is 6.04 Å². The van der Waals surface area contributed by atoms with Gasteiger partial charge in [-0.1, -0.05) is 55.5 Å². The van der Waals surface area contributed by atoms with Crippen LogP contribution in [0.1, 0.15) is 55.3 Å². The summed E-state index contributed by atoms with van der Waals surface area (Å²) in [7, 11) is 0. The third kappa shape index (κ3) is 6.06. The van der Waals surface area contributed by atoms with Crippen molar-refractivity contribution >= 4 is 28.5 Å². The summed E-state index contributed by atoms with van der Waals surface area (Å²) in [4.78, 5) is 30.2. The Bertz CT molecular complexity index is 1740. The molecule has 6 rings (SSSR count). The largest absolute Gasteiger partial charge is 0.376 e. The SMILES string of the molecule is Cc1cc(N(C(=O)Cn2nnc3ccccc32)[C@@H](C(=O)NC[C@H]2CCCO2)c2ccc(C(C)C)cc2)ccc1-n1cnnn1. The number of hydrogen-bond donors (Lipinski definition) is 1. The second-order valence-corrected chi connectivity index (χ2v) is 11.3. The van der Waals surface area contributed by atoms with Gasteiger partial charge in [0.1, 0.15) is 24.4 Å². The number of ether oxygens (including phenoxy) is 1. The molecule has 0 radical (unpaired) electrons. The topological polar surface area (TPSA) is 133 Å². The molecule has 12 nitrogen and oxygen atoms in total. The van der Waals surface area contributed by atoms with E-state index in [0.29, 0.717) is 35.8 Å². The van der Waals surface area contributed by atoms with Crippen molar-refractivity contribution in [1.29, 1.82) is 0 Å². The van der Waals surface area contributed by atoms with Crippen molar-refractivity contribution in [2.75, 3.05) is 18.1 Å². The lowest BCUT2D eigenvalue weighted by Crippen LogP contribution is -2.46. The zero-order chi connectivity index (χ0) is 30.6. The number of amides is 2. The van der Waals surface area contributed by atoms with Gasteiger partial charge in [0.25, 0.3) is 0 Å². The molecule has 44 heavy (non-hydrogen) atoms. The summed E-state index contributed by atoms with van der Waals surface area (Å²) in [6.07, 6.45) is 3.31. The van der Waals surface area contributed by atoms with E-state index in [0.717, 1.165) is 35.2 Å². The molecule has 0 spiro atoms. The lowest BCUT2D eigenvalue weighted by Gasteiger charge is -2.32. The average Bonchev–Trinajstić information content (AvgIpc) is 3.82. The highest BCUT2D eigenvalue weighted by Gasteiger charge is 2.34. The van der Waals surface area contributed by atoms with Crippen molar-refractivity contribution in [2.45, 2.75) is 58.2 Å². The Balaban J connectivity index is 1.43. The number of benzene rings is 3. The molecule has 0 saturated carbocycles. The zero-order valence-electron chi connectivity index (χ0n) is 25.0. The maximum absolute atomic E-state index is 14.4. The summed E-state index contributed by atoms with van der Waals surface area (Å²) in [6.45, 7) is 7.09. The quantitative estimate of drug-likeness (QED) is 0.258. The summed E-state index contributed by atoms with van der Waals surface area (Å²) in [5.74, 6) is -0.298. The van der Waals surface area contributed by atoms with Crippen molar-refractivity contribution < 1.29 is 14.3 Å². The monoisotopic (exact) mass is 593 g/mol. The number of carbonyl (C=O) groups is 2. The minimum absolute atomic E-state index is 0.0496. The van der Waals surface area contributed by atoms with Crippen molar-refractivity contribution in [1.82, 2.24) is 40.5 Å². The predicted octanol–water partition coefficient (Wildman–Crippen LogP) is 3.91. The molecule has 1 saturated heterocycles. The normalized spacial score (nSPS) is 15.5. The predicted molar refractivity (Wildman–Crippen MR) is 164 cm³/mol. The van der Waals surface area contributed by atoms with Gasteiger partial charge in [0, 0.05) is 18.8 Å². The van der Waals surface area contributed by atoms with Gasteiger partial charge in [-0.05, 0) is 83.1 Å². The van der Waals surface area contributed by atoms with Crippen LogP contribution >= 0.6 is 0 Å². The third-order valence-corrected chi connectivity index (χ3v) is 7.98. The highest BCUT2D eigenvalue weighted by Crippen LogP contribution is 2.32. The van der Waals surface area contributed by atoms with E-state index in [4.69, 9.17) is 4.74 Å².